The molecule has 0 radical (unpaired) electrons. The average Bonchev–Trinajstić information content (AvgIpc) is 3.00. The second kappa shape index (κ2) is 7.02. The van der Waals surface area contributed by atoms with Crippen LogP contribution in [0.4, 0.5) is 14.5 Å². The van der Waals surface area contributed by atoms with Crippen molar-refractivity contribution in [3.8, 4) is 0 Å². The molecule has 5 nitrogen and oxygen atoms in total. The Kier molecular flexibility index (Phi) is 4.80. The summed E-state index contributed by atoms with van der Waals surface area (Å²) in [5.74, 6) is -3.16. The Balaban J connectivity index is 1.66. The third-order valence-corrected chi connectivity index (χ3v) is 4.04. The monoisotopic (exact) mass is 408 g/mol. The van der Waals surface area contributed by atoms with Crippen LogP contribution in [0.1, 0.15) is 10.4 Å². The smallest absolute Gasteiger partial charge is 0.340 e. The normalized spacial score (nSPS) is 10.7. The van der Waals surface area contributed by atoms with Gasteiger partial charge in [-0.05, 0) is 28.1 Å². The molecule has 2 N–H and O–H groups in total. The number of H-pyrrole nitrogens is 1. The molecule has 25 heavy (non-hydrogen) atoms. The molecule has 0 saturated carbocycles. The Morgan fingerprint density at radius 1 is 1.20 bits per heavy atom. The minimum Gasteiger partial charge on any atom is -0.452 e. The van der Waals surface area contributed by atoms with Crippen molar-refractivity contribution in [2.75, 3.05) is 11.9 Å². The molecule has 0 aliphatic heterocycles. The van der Waals surface area contributed by atoms with E-state index in [0.717, 1.165) is 11.6 Å². The average molecular weight is 409 g/mol. The Morgan fingerprint density at radius 2 is 1.96 bits per heavy atom. The van der Waals surface area contributed by atoms with Crippen molar-refractivity contribution in [1.82, 2.24) is 4.98 Å². The number of esters is 1. The molecule has 0 unspecified atom stereocenters. The summed E-state index contributed by atoms with van der Waals surface area (Å²) in [4.78, 5) is 26.9. The molecule has 1 amide bonds. The first kappa shape index (κ1) is 17.1. The van der Waals surface area contributed by atoms with Gasteiger partial charge in [-0.1, -0.05) is 18.2 Å². The molecule has 128 valence electrons. The lowest BCUT2D eigenvalue weighted by atomic mass is 10.2. The van der Waals surface area contributed by atoms with Crippen LogP contribution in [-0.2, 0) is 9.53 Å². The van der Waals surface area contributed by atoms with Crippen LogP contribution >= 0.6 is 15.9 Å². The lowest BCUT2D eigenvalue weighted by Gasteiger charge is -2.09. The number of halogens is 3. The summed E-state index contributed by atoms with van der Waals surface area (Å²) < 4.78 is 31.7. The highest BCUT2D eigenvalue weighted by atomic mass is 79.9. The summed E-state index contributed by atoms with van der Waals surface area (Å²) in [5.41, 5.74) is 0.823. The molecule has 0 atom stereocenters. The SMILES string of the molecule is O=C(COC(=O)c1c[nH]c2ccccc12)Nc1c(F)cc(F)cc1Br. The van der Waals surface area contributed by atoms with Crippen LogP contribution in [0, 0.1) is 11.6 Å². The zero-order valence-electron chi connectivity index (χ0n) is 12.6. The summed E-state index contributed by atoms with van der Waals surface area (Å²) in [5, 5.41) is 2.90. The van der Waals surface area contributed by atoms with Gasteiger partial charge in [0.2, 0.25) is 0 Å². The number of benzene rings is 2. The van der Waals surface area contributed by atoms with E-state index in [1.54, 1.807) is 18.2 Å². The van der Waals surface area contributed by atoms with Crippen molar-refractivity contribution < 1.29 is 23.1 Å². The van der Waals surface area contributed by atoms with Gasteiger partial charge in [0.1, 0.15) is 5.82 Å². The second-order valence-electron chi connectivity index (χ2n) is 5.12. The Bertz CT molecular complexity index is 948. The third kappa shape index (κ3) is 3.69. The van der Waals surface area contributed by atoms with Crippen LogP contribution in [0.3, 0.4) is 0 Å². The molecule has 0 aliphatic carbocycles. The molecule has 0 saturated heterocycles. The van der Waals surface area contributed by atoms with E-state index >= 15 is 0 Å². The van der Waals surface area contributed by atoms with Crippen molar-refractivity contribution in [2.45, 2.75) is 0 Å². The minimum absolute atomic E-state index is 0.0429. The van der Waals surface area contributed by atoms with E-state index in [4.69, 9.17) is 4.74 Å². The summed E-state index contributed by atoms with van der Waals surface area (Å²) in [6.07, 6.45) is 1.49. The highest BCUT2D eigenvalue weighted by molar-refractivity contribution is 9.10. The number of aromatic nitrogens is 1. The van der Waals surface area contributed by atoms with E-state index < -0.39 is 30.1 Å². The van der Waals surface area contributed by atoms with Crippen LogP contribution in [0.15, 0.2) is 47.1 Å². The fourth-order valence-corrected chi connectivity index (χ4v) is 2.79. The second-order valence-corrected chi connectivity index (χ2v) is 5.97. The van der Waals surface area contributed by atoms with Gasteiger partial charge >= 0.3 is 5.97 Å². The van der Waals surface area contributed by atoms with E-state index in [9.17, 15) is 18.4 Å². The fraction of sp³-hybridized carbons (Fsp3) is 0.0588. The fourth-order valence-electron chi connectivity index (χ4n) is 2.29. The lowest BCUT2D eigenvalue weighted by Crippen LogP contribution is -2.21. The first-order chi connectivity index (χ1) is 12.0. The maximum absolute atomic E-state index is 13.7. The summed E-state index contributed by atoms with van der Waals surface area (Å²) in [6, 6.07) is 8.78. The topological polar surface area (TPSA) is 71.2 Å². The highest BCUT2D eigenvalue weighted by Gasteiger charge is 2.17. The van der Waals surface area contributed by atoms with Gasteiger partial charge in [-0.25, -0.2) is 13.6 Å². The number of carbonyl (C=O) groups excluding carboxylic acids is 2. The number of ether oxygens (including phenoxy) is 1. The third-order valence-electron chi connectivity index (χ3n) is 3.41. The largest absolute Gasteiger partial charge is 0.452 e. The van der Waals surface area contributed by atoms with Crippen molar-refractivity contribution in [2.24, 2.45) is 0 Å². The minimum atomic E-state index is -0.941. The van der Waals surface area contributed by atoms with Crippen molar-refractivity contribution in [3.63, 3.8) is 0 Å². The standard InChI is InChI=1S/C17H11BrF2N2O3/c18-12-5-9(19)6-13(20)16(12)22-15(23)8-25-17(24)11-7-21-14-4-2-1-3-10(11)14/h1-7,21H,8H2,(H,22,23). The molecule has 1 aromatic heterocycles. The van der Waals surface area contributed by atoms with E-state index in [0.29, 0.717) is 11.5 Å². The molecule has 3 rings (SSSR count). The van der Waals surface area contributed by atoms with Crippen LogP contribution < -0.4 is 5.32 Å². The number of hydrogen-bond acceptors (Lipinski definition) is 3. The zero-order chi connectivity index (χ0) is 18.0. The van der Waals surface area contributed by atoms with Gasteiger partial charge in [0, 0.05) is 27.6 Å². The molecular weight excluding hydrogens is 398 g/mol. The highest BCUT2D eigenvalue weighted by Crippen LogP contribution is 2.26. The lowest BCUT2D eigenvalue weighted by molar-refractivity contribution is -0.119. The van der Waals surface area contributed by atoms with Crippen LogP contribution in [-0.4, -0.2) is 23.5 Å². The number of nitrogens with one attached hydrogen (secondary N) is 2. The van der Waals surface area contributed by atoms with Gasteiger partial charge in [0.05, 0.1) is 11.3 Å². The number of amides is 1. The molecule has 0 spiro atoms. The van der Waals surface area contributed by atoms with E-state index in [1.165, 1.54) is 6.20 Å². The number of rotatable bonds is 4. The Morgan fingerprint density at radius 3 is 2.72 bits per heavy atom. The van der Waals surface area contributed by atoms with Gasteiger partial charge < -0.3 is 15.0 Å². The van der Waals surface area contributed by atoms with Crippen molar-refractivity contribution in [1.29, 1.82) is 0 Å². The summed E-state index contributed by atoms with van der Waals surface area (Å²) in [7, 11) is 0. The van der Waals surface area contributed by atoms with Gasteiger partial charge in [-0.3, -0.25) is 4.79 Å². The summed E-state index contributed by atoms with van der Waals surface area (Å²) >= 11 is 2.96. The van der Waals surface area contributed by atoms with Crippen molar-refractivity contribution in [3.05, 3.63) is 64.3 Å². The molecule has 8 heteroatoms. The quantitative estimate of drug-likeness (QED) is 0.640. The predicted octanol–water partition coefficient (Wildman–Crippen LogP) is 4.00. The number of anilines is 1. The van der Waals surface area contributed by atoms with Gasteiger partial charge in [0.25, 0.3) is 5.91 Å². The molecular formula is C17H11BrF2N2O3. The number of aromatic amines is 1. The molecule has 0 bridgehead atoms. The number of para-hydroxylation sites is 1. The zero-order valence-corrected chi connectivity index (χ0v) is 14.2. The first-order valence-corrected chi connectivity index (χ1v) is 7.92. The van der Waals surface area contributed by atoms with Gasteiger partial charge in [-0.2, -0.15) is 0 Å². The predicted molar refractivity (Wildman–Crippen MR) is 91.3 cm³/mol. The van der Waals surface area contributed by atoms with Crippen LogP contribution in [0.25, 0.3) is 10.9 Å². The van der Waals surface area contributed by atoms with Crippen molar-refractivity contribution >= 4 is 44.4 Å². The van der Waals surface area contributed by atoms with Crippen LogP contribution in [0.2, 0.25) is 0 Å². The molecule has 3 aromatic rings. The number of hydrogen-bond donors (Lipinski definition) is 2. The first-order valence-electron chi connectivity index (χ1n) is 7.13. The van der Waals surface area contributed by atoms with E-state index in [1.807, 2.05) is 6.07 Å². The maximum atomic E-state index is 13.7. The van der Waals surface area contributed by atoms with Gasteiger partial charge in [-0.15, -0.1) is 0 Å². The summed E-state index contributed by atoms with van der Waals surface area (Å²) in [6.45, 7) is -0.610. The Hall–Kier alpha value is -2.74. The number of fused-ring (bicyclic) bond motifs is 1. The molecule has 0 fully saturated rings. The molecule has 0 aliphatic rings. The van der Waals surface area contributed by atoms with E-state index in [2.05, 4.69) is 26.2 Å². The van der Waals surface area contributed by atoms with Gasteiger partial charge in [0.15, 0.2) is 12.4 Å². The molecule has 1 heterocycles. The Labute approximate surface area is 149 Å². The maximum Gasteiger partial charge on any atom is 0.340 e. The number of carbonyl (C=O) groups is 2. The molecule has 2 aromatic carbocycles. The van der Waals surface area contributed by atoms with E-state index in [-0.39, 0.29) is 15.7 Å². The van der Waals surface area contributed by atoms with Crippen LogP contribution in [0.5, 0.6) is 0 Å².